The molecule has 8 heteroatoms. The summed E-state index contributed by atoms with van der Waals surface area (Å²) >= 11 is 0. The molecule has 4 fully saturated rings. The van der Waals surface area contributed by atoms with Gasteiger partial charge in [-0.15, -0.1) is 0 Å². The zero-order valence-corrected chi connectivity index (χ0v) is 20.0. The van der Waals surface area contributed by atoms with E-state index in [1.165, 1.54) is 12.1 Å². The van der Waals surface area contributed by atoms with E-state index in [1.807, 2.05) is 17.8 Å². The van der Waals surface area contributed by atoms with Gasteiger partial charge in [-0.2, -0.15) is 5.10 Å². The minimum Gasteiger partial charge on any atom is -0.384 e. The number of anilines is 1. The minimum absolute atomic E-state index is 0.0271. The number of pyridine rings is 1. The lowest BCUT2D eigenvalue weighted by atomic mass is 9.97. The summed E-state index contributed by atoms with van der Waals surface area (Å²) in [5.41, 5.74) is 12.1. The number of nitrogens with zero attached hydrogens (tertiary/aromatic N) is 5. The van der Waals surface area contributed by atoms with Crippen molar-refractivity contribution in [1.29, 1.82) is 0 Å². The first-order valence-electron chi connectivity index (χ1n) is 12.5. The summed E-state index contributed by atoms with van der Waals surface area (Å²) in [6, 6.07) is 5.28. The van der Waals surface area contributed by atoms with Crippen molar-refractivity contribution in [2.75, 3.05) is 11.4 Å². The number of aryl methyl sites for hydroxylation is 2. The average molecular weight is 458 g/mol. The Kier molecular flexibility index (Phi) is 4.12. The first-order chi connectivity index (χ1) is 16.4. The highest BCUT2D eigenvalue weighted by Gasteiger charge is 2.80. The van der Waals surface area contributed by atoms with Gasteiger partial charge < -0.3 is 16.0 Å². The summed E-state index contributed by atoms with van der Waals surface area (Å²) in [6.45, 7) is 7.82. The van der Waals surface area contributed by atoms with Gasteiger partial charge in [-0.05, 0) is 80.6 Å². The molecule has 176 valence electrons. The number of piperidine rings is 1. The van der Waals surface area contributed by atoms with E-state index in [0.717, 1.165) is 71.4 Å². The van der Waals surface area contributed by atoms with Crippen molar-refractivity contribution in [3.63, 3.8) is 0 Å². The number of carbonyl (C=O) groups excluding carboxylic acids is 1. The highest BCUT2D eigenvalue weighted by molar-refractivity contribution is 6.00. The molecule has 5 heterocycles. The molecule has 6 aliphatic rings. The predicted octanol–water partition coefficient (Wildman–Crippen LogP) is 2.35. The van der Waals surface area contributed by atoms with Gasteiger partial charge in [0.2, 0.25) is 0 Å². The first kappa shape index (κ1) is 20.2. The van der Waals surface area contributed by atoms with Gasteiger partial charge in [-0.3, -0.25) is 14.5 Å². The van der Waals surface area contributed by atoms with Crippen LogP contribution < -0.4 is 16.0 Å². The van der Waals surface area contributed by atoms with Crippen LogP contribution in [0.3, 0.4) is 0 Å². The van der Waals surface area contributed by atoms with E-state index in [1.54, 1.807) is 0 Å². The lowest BCUT2D eigenvalue weighted by Crippen LogP contribution is -2.36. The number of carbonyl (C=O) groups is 1. The zero-order valence-electron chi connectivity index (χ0n) is 20.0. The van der Waals surface area contributed by atoms with Gasteiger partial charge in [0.05, 0.1) is 29.9 Å². The van der Waals surface area contributed by atoms with Crippen LogP contribution in [0.1, 0.15) is 53.5 Å². The van der Waals surface area contributed by atoms with Crippen LogP contribution in [0, 0.1) is 31.6 Å². The summed E-state index contributed by atoms with van der Waals surface area (Å²) in [7, 11) is 0. The molecule has 0 aromatic carbocycles. The SMILES string of the molecule is Cc1nc(N2CC3C4C3C42)ccc1Cn1cc(C(=O)N[C@@H]2CCC3=C2CC(C)N=C3N)c(C)n1. The van der Waals surface area contributed by atoms with Crippen molar-refractivity contribution in [3.8, 4) is 0 Å². The Balaban J connectivity index is 1.05. The van der Waals surface area contributed by atoms with Crippen LogP contribution in [0.15, 0.2) is 34.5 Å². The molecule has 2 aromatic heterocycles. The van der Waals surface area contributed by atoms with Gasteiger partial charge >= 0.3 is 0 Å². The molecule has 8 nitrogen and oxygen atoms in total. The smallest absolute Gasteiger partial charge is 0.255 e. The van der Waals surface area contributed by atoms with E-state index in [-0.39, 0.29) is 18.0 Å². The van der Waals surface area contributed by atoms with Gasteiger partial charge in [0.1, 0.15) is 11.7 Å². The molecule has 2 saturated carbocycles. The Bertz CT molecular complexity index is 1270. The minimum atomic E-state index is -0.0723. The molecule has 0 spiro atoms. The maximum atomic E-state index is 13.2. The van der Waals surface area contributed by atoms with Gasteiger partial charge in [-0.1, -0.05) is 6.07 Å². The Morgan fingerprint density at radius 3 is 2.79 bits per heavy atom. The molecule has 2 aromatic rings. The molecule has 3 aliphatic heterocycles. The van der Waals surface area contributed by atoms with Gasteiger partial charge in [0.15, 0.2) is 0 Å². The maximum Gasteiger partial charge on any atom is 0.255 e. The second kappa shape index (κ2) is 6.93. The second-order valence-electron chi connectivity index (χ2n) is 10.8. The average Bonchev–Trinajstić information content (AvgIpc) is 3.36. The molecule has 4 atom stereocenters. The molecule has 2 bridgehead atoms. The van der Waals surface area contributed by atoms with Crippen LogP contribution in [-0.4, -0.2) is 51.2 Å². The number of hydrogen-bond donors (Lipinski definition) is 2. The van der Waals surface area contributed by atoms with Crippen molar-refractivity contribution in [1.82, 2.24) is 20.1 Å². The Morgan fingerprint density at radius 2 is 2.06 bits per heavy atom. The molecule has 34 heavy (non-hydrogen) atoms. The third-order valence-corrected chi connectivity index (χ3v) is 8.69. The zero-order chi connectivity index (χ0) is 23.3. The molecular weight excluding hydrogens is 426 g/mol. The normalized spacial score (nSPS) is 32.4. The van der Waals surface area contributed by atoms with Crippen LogP contribution in [0.5, 0.6) is 0 Å². The van der Waals surface area contributed by atoms with Crippen molar-refractivity contribution in [2.24, 2.45) is 28.5 Å². The van der Waals surface area contributed by atoms with Crippen LogP contribution in [0.2, 0.25) is 0 Å². The Hall–Kier alpha value is -3.16. The summed E-state index contributed by atoms with van der Waals surface area (Å²) < 4.78 is 1.86. The number of nitrogens with one attached hydrogen (secondary N) is 1. The van der Waals surface area contributed by atoms with Crippen molar-refractivity contribution >= 4 is 17.6 Å². The third kappa shape index (κ3) is 2.96. The first-order valence-corrected chi connectivity index (χ1v) is 12.5. The van der Waals surface area contributed by atoms with Crippen LogP contribution in [0.4, 0.5) is 5.82 Å². The van der Waals surface area contributed by atoms with Crippen molar-refractivity contribution in [2.45, 2.75) is 64.7 Å². The van der Waals surface area contributed by atoms with Gasteiger partial charge in [-0.25, -0.2) is 4.98 Å². The van der Waals surface area contributed by atoms with E-state index in [2.05, 4.69) is 46.3 Å². The third-order valence-electron chi connectivity index (χ3n) is 8.69. The fourth-order valence-electron chi connectivity index (χ4n) is 6.75. The number of rotatable bonds is 5. The topological polar surface area (TPSA) is 101 Å². The number of amides is 1. The van der Waals surface area contributed by atoms with E-state index >= 15 is 0 Å². The van der Waals surface area contributed by atoms with E-state index in [4.69, 9.17) is 10.7 Å². The largest absolute Gasteiger partial charge is 0.384 e. The maximum absolute atomic E-state index is 13.2. The van der Waals surface area contributed by atoms with Crippen LogP contribution in [0.25, 0.3) is 0 Å². The molecule has 3 N–H and O–H groups in total. The second-order valence-corrected chi connectivity index (χ2v) is 10.8. The number of aliphatic imine (C=N–C) groups is 1. The number of dihydropyridines is 1. The number of aromatic nitrogens is 3. The lowest BCUT2D eigenvalue weighted by molar-refractivity contribution is 0.0941. The highest BCUT2D eigenvalue weighted by Crippen LogP contribution is 2.75. The van der Waals surface area contributed by atoms with Gasteiger partial charge in [0, 0.05) is 24.5 Å². The summed E-state index contributed by atoms with van der Waals surface area (Å²) in [6.07, 6.45) is 4.48. The van der Waals surface area contributed by atoms with Crippen molar-refractivity contribution < 1.29 is 4.79 Å². The number of fused-ring (bicyclic) bond motifs is 1. The standard InChI is InChI=1S/C26H31N7O/c1-12-8-17-16(25(27)28-12)5-6-20(17)30-26(34)18-10-32(31-14(18)3)9-15-4-7-21(29-13(15)2)33-11-19-22-23(19)24(22)33/h4,7,10,12,19-20,22-24H,5-6,8-9,11H2,1-3H3,(H2,27,28)(H,30,34)/t12?,19?,20-,22?,23?,24?/m1/s1. The summed E-state index contributed by atoms with van der Waals surface area (Å²) in [4.78, 5) is 25.1. The van der Waals surface area contributed by atoms with Crippen LogP contribution >= 0.6 is 0 Å². The van der Waals surface area contributed by atoms with Crippen molar-refractivity contribution in [3.05, 3.63) is 52.0 Å². The number of hydrogen-bond acceptors (Lipinski definition) is 6. The number of amidine groups is 1. The fraction of sp³-hybridized carbons (Fsp3) is 0.538. The molecule has 1 amide bonds. The Morgan fingerprint density at radius 1 is 1.24 bits per heavy atom. The monoisotopic (exact) mass is 457 g/mol. The summed E-state index contributed by atoms with van der Waals surface area (Å²) in [5, 5.41) is 7.87. The van der Waals surface area contributed by atoms with E-state index in [0.29, 0.717) is 17.9 Å². The highest BCUT2D eigenvalue weighted by atomic mass is 16.1. The lowest BCUT2D eigenvalue weighted by Gasteiger charge is -2.22. The van der Waals surface area contributed by atoms with E-state index < -0.39 is 0 Å². The predicted molar refractivity (Wildman–Crippen MR) is 130 cm³/mol. The quantitative estimate of drug-likeness (QED) is 0.718. The number of nitrogens with two attached hydrogens (primary N) is 1. The molecule has 3 unspecified atom stereocenters. The molecule has 3 aliphatic carbocycles. The molecule has 8 rings (SSSR count). The molecule has 0 radical (unpaired) electrons. The van der Waals surface area contributed by atoms with Crippen LogP contribution in [-0.2, 0) is 6.54 Å². The molecule has 2 saturated heterocycles. The molecular formula is C26H31N7O. The van der Waals surface area contributed by atoms with Gasteiger partial charge in [0.25, 0.3) is 5.91 Å². The fourth-order valence-corrected chi connectivity index (χ4v) is 6.75. The van der Waals surface area contributed by atoms with E-state index in [9.17, 15) is 4.79 Å². The Labute approximate surface area is 199 Å². The summed E-state index contributed by atoms with van der Waals surface area (Å²) in [5.74, 6) is 4.57.